The number of carbonyl (C=O) groups excluding carboxylic acids is 3. The number of hydrogen-bond acceptors (Lipinski definition) is 7. The SMILES string of the molecule is CC(C)C[C@H](CO)N1C(=O)[C@@H]2[C@H](C(=O)NCc3ccccc3)[C@]3(C)CCC2(S3)C1C(=O)NCCN1CCOCC1. The van der Waals surface area contributed by atoms with Gasteiger partial charge in [0.1, 0.15) is 6.04 Å². The molecule has 6 atom stereocenters. The van der Waals surface area contributed by atoms with E-state index in [1.807, 2.05) is 30.3 Å². The number of aliphatic hydroxyl groups excluding tert-OH is 1. The standard InChI is InChI=1S/C30H44N4O5S/c1-20(2)17-22(19-35)34-25(27(37)31-11-12-33-13-15-39-16-14-33)30-10-9-29(3,40-30)23(24(30)28(34)38)26(36)32-18-21-7-5-4-6-8-21/h4-8,20,22-25,35H,9-19H2,1-3H3,(H,31,37)(H,32,36)/t22-,23-,24+,25?,29+,30?/m1/s1. The number of thioether (sulfide) groups is 1. The van der Waals surface area contributed by atoms with Crippen molar-refractivity contribution in [3.05, 3.63) is 35.9 Å². The second-order valence-electron chi connectivity index (χ2n) is 12.4. The van der Waals surface area contributed by atoms with E-state index in [2.05, 4.69) is 36.3 Å². The number of carbonyl (C=O) groups is 3. The lowest BCUT2D eigenvalue weighted by atomic mass is 9.66. The van der Waals surface area contributed by atoms with E-state index in [0.717, 1.165) is 31.6 Å². The number of nitrogens with zero attached hydrogens (tertiary/aromatic N) is 2. The maximum absolute atomic E-state index is 14.3. The maximum atomic E-state index is 14.3. The summed E-state index contributed by atoms with van der Waals surface area (Å²) in [6.45, 7) is 10.6. The molecule has 4 fully saturated rings. The molecule has 1 aromatic carbocycles. The Morgan fingerprint density at radius 3 is 2.52 bits per heavy atom. The fraction of sp³-hybridized carbons (Fsp3) is 0.700. The van der Waals surface area contributed by atoms with Crippen LogP contribution in [-0.4, -0.2) is 100 Å². The predicted molar refractivity (Wildman–Crippen MR) is 154 cm³/mol. The summed E-state index contributed by atoms with van der Waals surface area (Å²) in [5.74, 6) is -1.36. The quantitative estimate of drug-likeness (QED) is 0.370. The van der Waals surface area contributed by atoms with Crippen LogP contribution in [0.1, 0.15) is 45.6 Å². The van der Waals surface area contributed by atoms with Crippen LogP contribution < -0.4 is 10.6 Å². The van der Waals surface area contributed by atoms with Crippen LogP contribution in [0.3, 0.4) is 0 Å². The molecule has 0 aromatic heterocycles. The van der Waals surface area contributed by atoms with Gasteiger partial charge in [0.15, 0.2) is 0 Å². The van der Waals surface area contributed by atoms with Gasteiger partial charge < -0.3 is 25.4 Å². The summed E-state index contributed by atoms with van der Waals surface area (Å²) in [6.07, 6.45) is 2.06. The van der Waals surface area contributed by atoms with Crippen LogP contribution in [0.5, 0.6) is 0 Å². The normalized spacial score (nSPS) is 32.4. The van der Waals surface area contributed by atoms with Gasteiger partial charge in [-0.3, -0.25) is 19.3 Å². The zero-order valence-corrected chi connectivity index (χ0v) is 24.8. The fourth-order valence-corrected chi connectivity index (χ4v) is 9.77. The maximum Gasteiger partial charge on any atom is 0.244 e. The van der Waals surface area contributed by atoms with Crippen LogP contribution in [0, 0.1) is 17.8 Å². The molecule has 4 saturated heterocycles. The van der Waals surface area contributed by atoms with Crippen LogP contribution in [-0.2, 0) is 25.7 Å². The van der Waals surface area contributed by atoms with Gasteiger partial charge in [0.05, 0.1) is 42.4 Å². The zero-order chi connectivity index (χ0) is 28.5. The Morgan fingerprint density at radius 2 is 1.85 bits per heavy atom. The Kier molecular flexibility index (Phi) is 8.80. The number of aliphatic hydroxyl groups is 1. The van der Waals surface area contributed by atoms with Gasteiger partial charge in [-0.2, -0.15) is 0 Å². The Labute approximate surface area is 241 Å². The molecule has 4 aliphatic rings. The van der Waals surface area contributed by atoms with E-state index in [-0.39, 0.29) is 30.2 Å². The summed E-state index contributed by atoms with van der Waals surface area (Å²) >= 11 is 1.67. The van der Waals surface area contributed by atoms with E-state index in [0.29, 0.717) is 39.1 Å². The van der Waals surface area contributed by atoms with Gasteiger partial charge in [-0.25, -0.2) is 0 Å². The van der Waals surface area contributed by atoms with Gasteiger partial charge in [0, 0.05) is 37.5 Å². The minimum atomic E-state index is -0.718. The van der Waals surface area contributed by atoms with Crippen molar-refractivity contribution in [3.8, 4) is 0 Å². The van der Waals surface area contributed by atoms with E-state index in [1.165, 1.54) is 0 Å². The van der Waals surface area contributed by atoms with Gasteiger partial charge in [0.2, 0.25) is 17.7 Å². The predicted octanol–water partition coefficient (Wildman–Crippen LogP) is 1.64. The summed E-state index contributed by atoms with van der Waals surface area (Å²) in [5, 5.41) is 16.7. The highest BCUT2D eigenvalue weighted by molar-refractivity contribution is 8.02. The van der Waals surface area contributed by atoms with Crippen LogP contribution in [0.4, 0.5) is 0 Å². The zero-order valence-electron chi connectivity index (χ0n) is 23.9. The van der Waals surface area contributed by atoms with E-state index >= 15 is 0 Å². The third-order valence-electron chi connectivity index (χ3n) is 9.23. The molecule has 9 nitrogen and oxygen atoms in total. The first-order chi connectivity index (χ1) is 19.2. The van der Waals surface area contributed by atoms with Gasteiger partial charge in [-0.1, -0.05) is 44.2 Å². The fourth-order valence-electron chi connectivity index (χ4n) is 7.43. The van der Waals surface area contributed by atoms with Crippen LogP contribution in [0.25, 0.3) is 0 Å². The number of amides is 3. The first kappa shape index (κ1) is 29.4. The molecule has 10 heteroatoms. The van der Waals surface area contributed by atoms with Crippen molar-refractivity contribution in [2.24, 2.45) is 17.8 Å². The lowest BCUT2D eigenvalue weighted by Gasteiger charge is -2.37. The Morgan fingerprint density at radius 1 is 1.12 bits per heavy atom. The number of ether oxygens (including phenoxy) is 1. The van der Waals surface area contributed by atoms with Crippen LogP contribution in [0.2, 0.25) is 0 Å². The minimum Gasteiger partial charge on any atom is -0.394 e. The second kappa shape index (κ2) is 12.0. The summed E-state index contributed by atoms with van der Waals surface area (Å²) in [6, 6.07) is 8.57. The first-order valence-electron chi connectivity index (χ1n) is 14.7. The Hall–Kier alpha value is -2.14. The number of nitrogens with one attached hydrogen (secondary N) is 2. The molecular weight excluding hydrogens is 528 g/mol. The molecule has 1 spiro atoms. The molecule has 40 heavy (non-hydrogen) atoms. The topological polar surface area (TPSA) is 111 Å². The molecule has 220 valence electrons. The molecule has 2 bridgehead atoms. The molecule has 4 heterocycles. The molecule has 1 aromatic rings. The minimum absolute atomic E-state index is 0.128. The third kappa shape index (κ3) is 5.40. The number of morpholine rings is 1. The number of hydrogen-bond donors (Lipinski definition) is 3. The second-order valence-corrected chi connectivity index (χ2v) is 14.3. The van der Waals surface area contributed by atoms with Gasteiger partial charge in [-0.05, 0) is 37.7 Å². The molecular formula is C30H44N4O5S. The van der Waals surface area contributed by atoms with Gasteiger partial charge in [0.25, 0.3) is 0 Å². The number of rotatable bonds is 11. The van der Waals surface area contributed by atoms with Crippen LogP contribution in [0.15, 0.2) is 30.3 Å². The van der Waals surface area contributed by atoms with Crippen molar-refractivity contribution < 1.29 is 24.2 Å². The Bertz CT molecular complexity index is 1080. The average molecular weight is 573 g/mol. The molecule has 0 saturated carbocycles. The van der Waals surface area contributed by atoms with Crippen molar-refractivity contribution in [1.82, 2.24) is 20.4 Å². The molecule has 5 rings (SSSR count). The van der Waals surface area contributed by atoms with Crippen molar-refractivity contribution in [3.63, 3.8) is 0 Å². The van der Waals surface area contributed by atoms with Crippen LogP contribution >= 0.6 is 11.8 Å². The summed E-state index contributed by atoms with van der Waals surface area (Å²) < 4.78 is 4.32. The van der Waals surface area contributed by atoms with Crippen molar-refractivity contribution in [2.75, 3.05) is 46.0 Å². The van der Waals surface area contributed by atoms with Crippen molar-refractivity contribution in [1.29, 1.82) is 0 Å². The van der Waals surface area contributed by atoms with Crippen molar-refractivity contribution in [2.45, 2.75) is 68.2 Å². The Balaban J connectivity index is 1.40. The lowest BCUT2D eigenvalue weighted by molar-refractivity contribution is -0.143. The number of fused-ring (bicyclic) bond motifs is 1. The molecule has 3 N–H and O–H groups in total. The monoisotopic (exact) mass is 572 g/mol. The highest BCUT2D eigenvalue weighted by Gasteiger charge is 2.77. The molecule has 3 amide bonds. The smallest absolute Gasteiger partial charge is 0.244 e. The van der Waals surface area contributed by atoms with Gasteiger partial charge >= 0.3 is 0 Å². The van der Waals surface area contributed by atoms with E-state index < -0.39 is 33.4 Å². The highest BCUT2D eigenvalue weighted by Crippen LogP contribution is 2.71. The molecule has 0 aliphatic carbocycles. The number of benzene rings is 1. The lowest BCUT2D eigenvalue weighted by Crippen LogP contribution is -2.57. The average Bonchev–Trinajstić information content (AvgIpc) is 3.52. The first-order valence-corrected chi connectivity index (χ1v) is 15.5. The number of likely N-dealkylation sites (tertiary alicyclic amines) is 1. The molecule has 2 unspecified atom stereocenters. The molecule has 4 aliphatic heterocycles. The summed E-state index contributed by atoms with van der Waals surface area (Å²) in [5.41, 5.74) is 1.00. The summed E-state index contributed by atoms with van der Waals surface area (Å²) in [7, 11) is 0. The van der Waals surface area contributed by atoms with Gasteiger partial charge in [-0.15, -0.1) is 11.8 Å². The highest BCUT2D eigenvalue weighted by atomic mass is 32.2. The van der Waals surface area contributed by atoms with E-state index in [1.54, 1.807) is 16.7 Å². The summed E-state index contributed by atoms with van der Waals surface area (Å²) in [4.78, 5) is 46.1. The third-order valence-corrected chi connectivity index (χ3v) is 11.2. The largest absolute Gasteiger partial charge is 0.394 e. The van der Waals surface area contributed by atoms with E-state index in [4.69, 9.17) is 4.74 Å². The molecule has 0 radical (unpaired) electrons. The van der Waals surface area contributed by atoms with Crippen molar-refractivity contribution >= 4 is 29.5 Å². The van der Waals surface area contributed by atoms with E-state index in [9.17, 15) is 19.5 Å².